The van der Waals surface area contributed by atoms with E-state index in [0.717, 1.165) is 0 Å². The van der Waals surface area contributed by atoms with Crippen molar-refractivity contribution in [3.63, 3.8) is 0 Å². The van der Waals surface area contributed by atoms with Crippen LogP contribution in [0, 0.1) is 0 Å². The highest BCUT2D eigenvalue weighted by Crippen LogP contribution is 2.01. The van der Waals surface area contributed by atoms with Gasteiger partial charge in [-0.3, -0.25) is 9.69 Å². The molecule has 0 radical (unpaired) electrons. The molecule has 0 bridgehead atoms. The lowest BCUT2D eigenvalue weighted by atomic mass is 10.2. The van der Waals surface area contributed by atoms with Crippen molar-refractivity contribution >= 4 is 11.9 Å². The van der Waals surface area contributed by atoms with Crippen molar-refractivity contribution in [2.45, 2.75) is 20.3 Å². The molecule has 0 aliphatic heterocycles. The number of amides is 1. The first-order valence-electron chi connectivity index (χ1n) is 5.77. The first-order valence-corrected chi connectivity index (χ1v) is 5.77. The van der Waals surface area contributed by atoms with Crippen LogP contribution in [0.5, 0.6) is 0 Å². The number of carbonyl (C=O) groups excluding carboxylic acids is 1. The number of hydrogen-bond donors (Lipinski definition) is 1. The third-order valence-electron chi connectivity index (χ3n) is 2.56. The van der Waals surface area contributed by atoms with E-state index in [1.807, 2.05) is 11.8 Å². The normalized spacial score (nSPS) is 11.7. The van der Waals surface area contributed by atoms with Crippen molar-refractivity contribution in [2.75, 3.05) is 33.7 Å². The van der Waals surface area contributed by atoms with Crippen LogP contribution in [-0.4, -0.2) is 60.5 Å². The van der Waals surface area contributed by atoms with Gasteiger partial charge < -0.3 is 10.0 Å². The van der Waals surface area contributed by atoms with E-state index < -0.39 is 5.97 Å². The van der Waals surface area contributed by atoms with Crippen molar-refractivity contribution in [3.05, 3.63) is 11.6 Å². The highest BCUT2D eigenvalue weighted by molar-refractivity contribution is 5.86. The quantitative estimate of drug-likeness (QED) is 0.671. The second kappa shape index (κ2) is 7.84. The predicted octanol–water partition coefficient (Wildman–Crippen LogP) is 0.818. The maximum atomic E-state index is 11.5. The standard InChI is InChI=1S/C12H22N2O3/c1-5-10(12(16)17)7-8-14(6-2)9-11(15)13(3)4/h7H,5-6,8-9H2,1-4H3,(H,16,17). The zero-order chi connectivity index (χ0) is 13.4. The molecule has 98 valence electrons. The average Bonchev–Trinajstić information content (AvgIpc) is 2.27. The Labute approximate surface area is 103 Å². The maximum Gasteiger partial charge on any atom is 0.331 e. The average molecular weight is 242 g/mol. The number of carbonyl (C=O) groups is 2. The molecule has 1 N–H and O–H groups in total. The zero-order valence-electron chi connectivity index (χ0n) is 11.1. The molecule has 0 unspecified atom stereocenters. The van der Waals surface area contributed by atoms with Crippen LogP contribution in [0.4, 0.5) is 0 Å². The van der Waals surface area contributed by atoms with Crippen LogP contribution in [0.15, 0.2) is 11.6 Å². The third-order valence-corrected chi connectivity index (χ3v) is 2.56. The molecule has 0 spiro atoms. The largest absolute Gasteiger partial charge is 0.478 e. The molecule has 5 heteroatoms. The van der Waals surface area contributed by atoms with Gasteiger partial charge in [0.15, 0.2) is 0 Å². The topological polar surface area (TPSA) is 60.9 Å². The van der Waals surface area contributed by atoms with E-state index >= 15 is 0 Å². The van der Waals surface area contributed by atoms with Crippen LogP contribution >= 0.6 is 0 Å². The van der Waals surface area contributed by atoms with Crippen LogP contribution < -0.4 is 0 Å². The van der Waals surface area contributed by atoms with E-state index in [9.17, 15) is 9.59 Å². The summed E-state index contributed by atoms with van der Waals surface area (Å²) < 4.78 is 0. The van der Waals surface area contributed by atoms with Crippen molar-refractivity contribution in [1.29, 1.82) is 0 Å². The summed E-state index contributed by atoms with van der Waals surface area (Å²) in [6.07, 6.45) is 2.17. The molecule has 17 heavy (non-hydrogen) atoms. The highest BCUT2D eigenvalue weighted by atomic mass is 16.4. The molecule has 0 aromatic carbocycles. The van der Waals surface area contributed by atoms with Crippen LogP contribution in [-0.2, 0) is 9.59 Å². The third kappa shape index (κ3) is 6.06. The number of carboxylic acids is 1. The Kier molecular flexibility index (Phi) is 7.21. The van der Waals surface area contributed by atoms with Gasteiger partial charge >= 0.3 is 5.97 Å². The van der Waals surface area contributed by atoms with E-state index in [0.29, 0.717) is 31.6 Å². The van der Waals surface area contributed by atoms with E-state index in [-0.39, 0.29) is 5.91 Å². The number of hydrogen-bond acceptors (Lipinski definition) is 3. The number of rotatable bonds is 7. The summed E-state index contributed by atoms with van der Waals surface area (Å²) in [7, 11) is 3.42. The van der Waals surface area contributed by atoms with E-state index in [1.165, 1.54) is 4.90 Å². The molecule has 0 heterocycles. The molecule has 0 aromatic heterocycles. The predicted molar refractivity (Wildman–Crippen MR) is 66.8 cm³/mol. The molecular weight excluding hydrogens is 220 g/mol. The molecule has 0 fully saturated rings. The van der Waals surface area contributed by atoms with Gasteiger partial charge in [0.2, 0.25) is 5.91 Å². The summed E-state index contributed by atoms with van der Waals surface area (Å²) in [6.45, 7) is 5.28. The van der Waals surface area contributed by atoms with Crippen LogP contribution in [0.25, 0.3) is 0 Å². The number of likely N-dealkylation sites (N-methyl/N-ethyl adjacent to an activating group) is 2. The van der Waals surface area contributed by atoms with E-state index in [4.69, 9.17) is 5.11 Å². The summed E-state index contributed by atoms with van der Waals surface area (Å²) in [4.78, 5) is 25.7. The molecule has 0 aliphatic rings. The lowest BCUT2D eigenvalue weighted by molar-refractivity contribution is -0.132. The summed E-state index contributed by atoms with van der Waals surface area (Å²) in [5.41, 5.74) is 0.390. The minimum absolute atomic E-state index is 0.0219. The number of aliphatic carboxylic acids is 1. The maximum absolute atomic E-state index is 11.5. The second-order valence-electron chi connectivity index (χ2n) is 4.00. The molecule has 0 aromatic rings. The van der Waals surface area contributed by atoms with Gasteiger partial charge in [-0.25, -0.2) is 4.79 Å². The second-order valence-corrected chi connectivity index (χ2v) is 4.00. The lowest BCUT2D eigenvalue weighted by Crippen LogP contribution is -2.36. The minimum Gasteiger partial charge on any atom is -0.478 e. The van der Waals surface area contributed by atoms with Gasteiger partial charge in [-0.2, -0.15) is 0 Å². The van der Waals surface area contributed by atoms with E-state index in [1.54, 1.807) is 27.1 Å². The summed E-state index contributed by atoms with van der Waals surface area (Å²) in [5, 5.41) is 8.87. The Morgan fingerprint density at radius 2 is 1.82 bits per heavy atom. The Morgan fingerprint density at radius 1 is 1.24 bits per heavy atom. The van der Waals surface area contributed by atoms with Crippen molar-refractivity contribution in [2.24, 2.45) is 0 Å². The van der Waals surface area contributed by atoms with Crippen LogP contribution in [0.3, 0.4) is 0 Å². The molecule has 0 rings (SSSR count). The lowest BCUT2D eigenvalue weighted by Gasteiger charge is -2.20. The summed E-state index contributed by atoms with van der Waals surface area (Å²) in [6, 6.07) is 0. The van der Waals surface area contributed by atoms with Gasteiger partial charge in [0.05, 0.1) is 6.54 Å². The number of carboxylic acid groups (broad SMARTS) is 1. The van der Waals surface area contributed by atoms with Gasteiger partial charge in [-0.15, -0.1) is 0 Å². The fraction of sp³-hybridized carbons (Fsp3) is 0.667. The van der Waals surface area contributed by atoms with Crippen molar-refractivity contribution < 1.29 is 14.7 Å². The molecule has 0 saturated heterocycles. The van der Waals surface area contributed by atoms with Crippen LogP contribution in [0.1, 0.15) is 20.3 Å². The fourth-order valence-corrected chi connectivity index (χ4v) is 1.26. The Morgan fingerprint density at radius 3 is 2.18 bits per heavy atom. The highest BCUT2D eigenvalue weighted by Gasteiger charge is 2.10. The van der Waals surface area contributed by atoms with Gasteiger partial charge in [-0.05, 0) is 13.0 Å². The van der Waals surface area contributed by atoms with Gasteiger partial charge in [0.25, 0.3) is 0 Å². The zero-order valence-corrected chi connectivity index (χ0v) is 11.1. The molecule has 0 aliphatic carbocycles. The summed E-state index contributed by atoms with van der Waals surface area (Å²) >= 11 is 0. The SMILES string of the molecule is CCC(=CCN(CC)CC(=O)N(C)C)C(=O)O. The van der Waals surface area contributed by atoms with Gasteiger partial charge in [0, 0.05) is 26.2 Å². The molecular formula is C12H22N2O3. The smallest absolute Gasteiger partial charge is 0.331 e. The van der Waals surface area contributed by atoms with Crippen molar-refractivity contribution in [1.82, 2.24) is 9.80 Å². The van der Waals surface area contributed by atoms with Gasteiger partial charge in [-0.1, -0.05) is 19.9 Å². The monoisotopic (exact) mass is 242 g/mol. The fourth-order valence-electron chi connectivity index (χ4n) is 1.26. The Balaban J connectivity index is 4.40. The number of nitrogens with zero attached hydrogens (tertiary/aromatic N) is 2. The molecule has 0 saturated carbocycles. The van der Waals surface area contributed by atoms with Gasteiger partial charge in [0.1, 0.15) is 0 Å². The Hall–Kier alpha value is -1.36. The first kappa shape index (κ1) is 15.6. The molecule has 0 atom stereocenters. The summed E-state index contributed by atoms with van der Waals surface area (Å²) in [5.74, 6) is -0.865. The molecule has 1 amide bonds. The first-order chi connectivity index (χ1) is 7.92. The van der Waals surface area contributed by atoms with Crippen LogP contribution in [0.2, 0.25) is 0 Å². The van der Waals surface area contributed by atoms with E-state index in [2.05, 4.69) is 0 Å². The Bertz CT molecular complexity index is 298. The minimum atomic E-state index is -0.887. The van der Waals surface area contributed by atoms with Crippen molar-refractivity contribution in [3.8, 4) is 0 Å². The molecule has 5 nitrogen and oxygen atoms in total.